The summed E-state index contributed by atoms with van der Waals surface area (Å²) in [7, 11) is 0. The van der Waals surface area contributed by atoms with Crippen molar-refractivity contribution in [3.63, 3.8) is 0 Å². The smallest absolute Gasteiger partial charge is 0.172 e. The molecular formula is C16H12Cl2O3. The van der Waals surface area contributed by atoms with E-state index in [9.17, 15) is 4.79 Å². The van der Waals surface area contributed by atoms with Crippen molar-refractivity contribution in [2.45, 2.75) is 6.42 Å². The van der Waals surface area contributed by atoms with Gasteiger partial charge in [-0.15, -0.1) is 0 Å². The van der Waals surface area contributed by atoms with Gasteiger partial charge >= 0.3 is 0 Å². The fourth-order valence-corrected chi connectivity index (χ4v) is 2.70. The first-order chi connectivity index (χ1) is 10.1. The second-order valence-electron chi connectivity index (χ2n) is 4.67. The van der Waals surface area contributed by atoms with Crippen LogP contribution >= 0.6 is 23.2 Å². The number of para-hydroxylation sites is 1. The highest BCUT2D eigenvalue weighted by Gasteiger charge is 2.20. The zero-order valence-electron chi connectivity index (χ0n) is 11.1. The minimum absolute atomic E-state index is 0.0680. The number of ether oxygens (including phenoxy) is 2. The fourth-order valence-electron chi connectivity index (χ4n) is 2.23. The van der Waals surface area contributed by atoms with Crippen molar-refractivity contribution in [2.75, 3.05) is 13.2 Å². The summed E-state index contributed by atoms with van der Waals surface area (Å²) in [5.41, 5.74) is 1.25. The first-order valence-corrected chi connectivity index (χ1v) is 7.26. The van der Waals surface area contributed by atoms with E-state index in [1.165, 1.54) is 0 Å². The van der Waals surface area contributed by atoms with E-state index in [2.05, 4.69) is 0 Å². The molecule has 1 heterocycles. The molecule has 0 amide bonds. The van der Waals surface area contributed by atoms with Crippen LogP contribution in [0.25, 0.3) is 0 Å². The lowest BCUT2D eigenvalue weighted by Crippen LogP contribution is -2.18. The maximum absolute atomic E-state index is 12.5. The molecule has 0 bridgehead atoms. The fraction of sp³-hybridized carbons (Fsp3) is 0.188. The van der Waals surface area contributed by atoms with Gasteiger partial charge in [0.05, 0.1) is 5.56 Å². The summed E-state index contributed by atoms with van der Waals surface area (Å²) in [5, 5.41) is 1.03. The molecule has 108 valence electrons. The lowest BCUT2D eigenvalue weighted by atomic mass is 10.0. The molecule has 0 radical (unpaired) electrons. The number of rotatable bonds is 3. The molecule has 3 rings (SSSR count). The van der Waals surface area contributed by atoms with Crippen molar-refractivity contribution in [1.29, 1.82) is 0 Å². The first-order valence-electron chi connectivity index (χ1n) is 6.51. The van der Waals surface area contributed by atoms with Crippen LogP contribution in [-0.4, -0.2) is 19.0 Å². The number of hydrogen-bond donors (Lipinski definition) is 0. The van der Waals surface area contributed by atoms with Gasteiger partial charge in [-0.3, -0.25) is 4.79 Å². The second kappa shape index (κ2) is 5.96. The van der Waals surface area contributed by atoms with Gasteiger partial charge in [0.1, 0.15) is 13.2 Å². The number of halogens is 2. The molecular weight excluding hydrogens is 311 g/mol. The van der Waals surface area contributed by atoms with Gasteiger partial charge in [-0.1, -0.05) is 35.3 Å². The van der Waals surface area contributed by atoms with Crippen molar-refractivity contribution in [3.05, 3.63) is 57.6 Å². The Hall–Kier alpha value is -1.71. The molecule has 3 nitrogen and oxygen atoms in total. The summed E-state index contributed by atoms with van der Waals surface area (Å²) in [6, 6.07) is 10.4. The van der Waals surface area contributed by atoms with Crippen molar-refractivity contribution < 1.29 is 14.3 Å². The Morgan fingerprint density at radius 3 is 2.71 bits per heavy atom. The van der Waals surface area contributed by atoms with Crippen LogP contribution in [0.1, 0.15) is 15.9 Å². The topological polar surface area (TPSA) is 35.5 Å². The monoisotopic (exact) mass is 322 g/mol. The van der Waals surface area contributed by atoms with Crippen LogP contribution < -0.4 is 9.47 Å². The SMILES string of the molecule is O=C(Cc1ccc(Cl)cc1Cl)c1cccc2c1OCCO2. The molecule has 0 spiro atoms. The van der Waals surface area contributed by atoms with Crippen molar-refractivity contribution >= 4 is 29.0 Å². The molecule has 1 aliphatic heterocycles. The van der Waals surface area contributed by atoms with Crippen LogP contribution in [0, 0.1) is 0 Å². The predicted octanol–water partition coefficient (Wildman–Crippen LogP) is 4.19. The van der Waals surface area contributed by atoms with Gasteiger partial charge in [0.25, 0.3) is 0 Å². The van der Waals surface area contributed by atoms with E-state index < -0.39 is 0 Å². The Morgan fingerprint density at radius 2 is 1.90 bits per heavy atom. The summed E-state index contributed by atoms with van der Waals surface area (Å²) in [6.07, 6.45) is 0.190. The van der Waals surface area contributed by atoms with Crippen molar-refractivity contribution in [1.82, 2.24) is 0 Å². The quantitative estimate of drug-likeness (QED) is 0.795. The minimum Gasteiger partial charge on any atom is -0.486 e. The molecule has 0 saturated heterocycles. The highest BCUT2D eigenvalue weighted by atomic mass is 35.5. The van der Waals surface area contributed by atoms with Crippen LogP contribution in [0.4, 0.5) is 0 Å². The predicted molar refractivity (Wildman–Crippen MR) is 81.9 cm³/mol. The van der Waals surface area contributed by atoms with Crippen molar-refractivity contribution in [2.24, 2.45) is 0 Å². The molecule has 0 unspecified atom stereocenters. The number of fused-ring (bicyclic) bond motifs is 1. The normalized spacial score (nSPS) is 13.0. The van der Waals surface area contributed by atoms with E-state index in [1.807, 2.05) is 0 Å². The maximum atomic E-state index is 12.5. The molecule has 0 atom stereocenters. The summed E-state index contributed by atoms with van der Waals surface area (Å²) in [4.78, 5) is 12.5. The highest BCUT2D eigenvalue weighted by Crippen LogP contribution is 2.34. The Labute approximate surface area is 132 Å². The molecule has 21 heavy (non-hydrogen) atoms. The van der Waals surface area contributed by atoms with Gasteiger partial charge in [-0.2, -0.15) is 0 Å². The summed E-state index contributed by atoms with van der Waals surface area (Å²) >= 11 is 12.0. The molecule has 2 aromatic carbocycles. The highest BCUT2D eigenvalue weighted by molar-refractivity contribution is 6.35. The molecule has 1 aliphatic rings. The van der Waals surface area contributed by atoms with E-state index in [4.69, 9.17) is 32.7 Å². The number of ketones is 1. The lowest BCUT2D eigenvalue weighted by Gasteiger charge is -2.20. The van der Waals surface area contributed by atoms with E-state index in [-0.39, 0.29) is 12.2 Å². The third kappa shape index (κ3) is 2.99. The Balaban J connectivity index is 1.89. The second-order valence-corrected chi connectivity index (χ2v) is 5.51. The lowest BCUT2D eigenvalue weighted by molar-refractivity contribution is 0.0982. The molecule has 2 aromatic rings. The van der Waals surface area contributed by atoms with E-state index >= 15 is 0 Å². The largest absolute Gasteiger partial charge is 0.486 e. The van der Waals surface area contributed by atoms with E-state index in [0.29, 0.717) is 40.3 Å². The summed E-state index contributed by atoms with van der Waals surface area (Å²) < 4.78 is 11.0. The van der Waals surface area contributed by atoms with Crippen LogP contribution in [-0.2, 0) is 6.42 Å². The number of carbonyl (C=O) groups excluding carboxylic acids is 1. The number of hydrogen-bond acceptors (Lipinski definition) is 3. The third-order valence-corrected chi connectivity index (χ3v) is 3.82. The Bertz CT molecular complexity index is 698. The van der Waals surface area contributed by atoms with Gasteiger partial charge < -0.3 is 9.47 Å². The van der Waals surface area contributed by atoms with Gasteiger partial charge in [-0.25, -0.2) is 0 Å². The zero-order valence-corrected chi connectivity index (χ0v) is 12.6. The van der Waals surface area contributed by atoms with Gasteiger partial charge in [-0.05, 0) is 29.8 Å². The minimum atomic E-state index is -0.0680. The van der Waals surface area contributed by atoms with Crippen LogP contribution in [0.3, 0.4) is 0 Å². The summed E-state index contributed by atoms with van der Waals surface area (Å²) in [6.45, 7) is 0.937. The average Bonchev–Trinajstić information content (AvgIpc) is 2.49. The molecule has 0 fully saturated rings. The maximum Gasteiger partial charge on any atom is 0.172 e. The van der Waals surface area contributed by atoms with Crippen LogP contribution in [0.5, 0.6) is 11.5 Å². The number of benzene rings is 2. The van der Waals surface area contributed by atoms with Crippen LogP contribution in [0.2, 0.25) is 10.0 Å². The molecule has 0 aliphatic carbocycles. The third-order valence-electron chi connectivity index (χ3n) is 3.23. The van der Waals surface area contributed by atoms with Gasteiger partial charge in [0.15, 0.2) is 17.3 Å². The van der Waals surface area contributed by atoms with Crippen molar-refractivity contribution in [3.8, 4) is 11.5 Å². The average molecular weight is 323 g/mol. The molecule has 0 saturated carbocycles. The molecule has 0 aromatic heterocycles. The molecule has 5 heteroatoms. The Morgan fingerprint density at radius 1 is 1.10 bits per heavy atom. The Kier molecular flexibility index (Phi) is 4.04. The van der Waals surface area contributed by atoms with Gasteiger partial charge in [0, 0.05) is 16.5 Å². The zero-order chi connectivity index (χ0) is 14.8. The first kappa shape index (κ1) is 14.2. The standard InChI is InChI=1S/C16H12Cl2O3/c17-11-5-4-10(13(18)9-11)8-14(19)12-2-1-3-15-16(12)21-7-6-20-15/h1-5,9H,6-8H2. The summed E-state index contributed by atoms with van der Waals surface area (Å²) in [5.74, 6) is 1.05. The van der Waals surface area contributed by atoms with E-state index in [0.717, 1.165) is 5.56 Å². The van der Waals surface area contributed by atoms with Gasteiger partial charge in [0.2, 0.25) is 0 Å². The number of carbonyl (C=O) groups is 1. The number of Topliss-reactive ketones (excluding diaryl/α,β-unsaturated/α-hetero) is 1. The van der Waals surface area contributed by atoms with E-state index in [1.54, 1.807) is 36.4 Å². The molecule has 0 N–H and O–H groups in total. The van der Waals surface area contributed by atoms with Crippen LogP contribution in [0.15, 0.2) is 36.4 Å².